The number of ether oxygens (including phenoxy) is 4. The number of esters is 1. The van der Waals surface area contributed by atoms with Crippen molar-refractivity contribution in [3.05, 3.63) is 70.0 Å². The second-order valence-electron chi connectivity index (χ2n) is 7.96. The van der Waals surface area contributed by atoms with Crippen molar-refractivity contribution in [2.75, 3.05) is 12.4 Å². The number of hydrogen-bond acceptors (Lipinski definition) is 13. The summed E-state index contributed by atoms with van der Waals surface area (Å²) >= 11 is 5.81. The van der Waals surface area contributed by atoms with Crippen LogP contribution >= 0.6 is 11.6 Å². The van der Waals surface area contributed by atoms with E-state index in [1.807, 2.05) is 0 Å². The Labute approximate surface area is 239 Å². The molecule has 0 atom stereocenters. The lowest BCUT2D eigenvalue weighted by atomic mass is 10.0. The fourth-order valence-corrected chi connectivity index (χ4v) is 3.58. The van der Waals surface area contributed by atoms with E-state index >= 15 is 4.39 Å². The third-order valence-electron chi connectivity index (χ3n) is 4.87. The summed E-state index contributed by atoms with van der Waals surface area (Å²) in [5, 5.41) is 57.2. The lowest BCUT2D eigenvalue weighted by molar-refractivity contribution is -0.420. The van der Waals surface area contributed by atoms with Crippen molar-refractivity contribution in [1.82, 2.24) is 4.98 Å². The maximum atomic E-state index is 15.5. The van der Waals surface area contributed by atoms with Gasteiger partial charge in [-0.1, -0.05) is 11.6 Å². The normalized spacial score (nSPS) is 12.0. The highest BCUT2D eigenvalue weighted by Crippen LogP contribution is 2.44. The lowest BCUT2D eigenvalue weighted by Crippen LogP contribution is -2.35. The van der Waals surface area contributed by atoms with Crippen LogP contribution in [0.1, 0.15) is 26.4 Å². The number of aliphatic hydroxyl groups is 6. The van der Waals surface area contributed by atoms with Crippen LogP contribution < -0.4 is 19.5 Å². The first kappa shape index (κ1) is 33.1. The summed E-state index contributed by atoms with van der Waals surface area (Å²) in [7, 11) is 1.02. The molecule has 3 aromatic rings. The number of halogens is 6. The Morgan fingerprint density at radius 1 is 0.907 bits per heavy atom. The summed E-state index contributed by atoms with van der Waals surface area (Å²) in [5.41, 5.74) is -3.44. The molecule has 0 aliphatic carbocycles. The van der Waals surface area contributed by atoms with Gasteiger partial charge in [0.05, 0.1) is 17.7 Å². The van der Waals surface area contributed by atoms with E-state index in [9.17, 15) is 42.5 Å². The lowest BCUT2D eigenvalue weighted by Gasteiger charge is -2.23. The second-order valence-corrected chi connectivity index (χ2v) is 8.37. The van der Waals surface area contributed by atoms with Crippen LogP contribution in [0.3, 0.4) is 0 Å². The van der Waals surface area contributed by atoms with E-state index < -0.39 is 81.2 Å². The average molecular weight is 643 g/mol. The molecule has 0 saturated carbocycles. The Morgan fingerprint density at radius 2 is 1.53 bits per heavy atom. The van der Waals surface area contributed by atoms with E-state index in [1.54, 1.807) is 0 Å². The first-order chi connectivity index (χ1) is 19.7. The van der Waals surface area contributed by atoms with Gasteiger partial charge in [-0.15, -0.1) is 13.2 Å². The minimum atomic E-state index is -5.47. The maximum Gasteiger partial charge on any atom is 0.573 e. The molecule has 0 aliphatic rings. The number of pyridine rings is 1. The van der Waals surface area contributed by atoms with Gasteiger partial charge in [-0.3, -0.25) is 4.79 Å². The van der Waals surface area contributed by atoms with Gasteiger partial charge >= 0.3 is 24.5 Å². The van der Waals surface area contributed by atoms with Crippen LogP contribution in [0.15, 0.2) is 36.5 Å². The molecule has 3 rings (SSSR count). The fourth-order valence-electron chi connectivity index (χ4n) is 3.27. The molecule has 232 valence electrons. The van der Waals surface area contributed by atoms with Gasteiger partial charge in [-0.2, -0.15) is 4.39 Å². The third-order valence-corrected chi connectivity index (χ3v) is 5.17. The van der Waals surface area contributed by atoms with E-state index in [0.29, 0.717) is 12.1 Å². The summed E-state index contributed by atoms with van der Waals surface area (Å²) in [6.07, 6.45) is -8.70. The van der Waals surface area contributed by atoms with Gasteiger partial charge in [-0.25, -0.2) is 14.2 Å². The number of alkyl halides is 3. The second kappa shape index (κ2) is 12.1. The molecule has 1 amide bonds. The summed E-state index contributed by atoms with van der Waals surface area (Å²) < 4.78 is 85.6. The number of nitrogens with one attached hydrogen (secondary N) is 1. The number of rotatable bonds is 9. The molecule has 20 heteroatoms. The number of benzene rings is 2. The predicted molar refractivity (Wildman–Crippen MR) is 126 cm³/mol. The molecule has 1 aromatic heterocycles. The van der Waals surface area contributed by atoms with Crippen molar-refractivity contribution in [2.45, 2.75) is 18.5 Å². The summed E-state index contributed by atoms with van der Waals surface area (Å²) in [5.74, 6) is -16.2. The number of amides is 1. The molecular weight excluding hydrogens is 627 g/mol. The maximum absolute atomic E-state index is 15.5. The van der Waals surface area contributed by atoms with Gasteiger partial charge in [0.2, 0.25) is 11.6 Å². The molecule has 14 nitrogen and oxygen atoms in total. The molecule has 2 aromatic carbocycles. The van der Waals surface area contributed by atoms with Gasteiger partial charge in [-0.05, 0) is 24.3 Å². The van der Waals surface area contributed by atoms with Gasteiger partial charge in [0.1, 0.15) is 17.0 Å². The largest absolute Gasteiger partial charge is 0.573 e. The van der Waals surface area contributed by atoms with Crippen molar-refractivity contribution in [2.24, 2.45) is 0 Å². The van der Waals surface area contributed by atoms with E-state index in [1.165, 1.54) is 0 Å². The Hall–Kier alpha value is -4.37. The quantitative estimate of drug-likeness (QED) is 0.101. The Bertz CT molecular complexity index is 1560. The summed E-state index contributed by atoms with van der Waals surface area (Å²) in [4.78, 5) is 28.6. The molecule has 0 spiro atoms. The van der Waals surface area contributed by atoms with Crippen LogP contribution in [-0.2, 0) is 10.7 Å². The number of nitrogens with zero attached hydrogens (tertiary/aromatic N) is 1. The molecule has 7 N–H and O–H groups in total. The molecule has 43 heavy (non-hydrogen) atoms. The number of hydrogen-bond donors (Lipinski definition) is 7. The van der Waals surface area contributed by atoms with E-state index in [0.717, 1.165) is 25.4 Å². The standard InChI is InChI=1S/C23H16ClF5N2O12/c1-40-20(33)10-6-8(4-5-30-10)31-19(32)14-13(7-9(24)15(17(14)26)21(34,35)36)41-12-3-2-11(42-22(27,28)29)16(25)18(12)43-23(37,38)39/h2-7,34-39H,1H3,(H,30,31,32). The fraction of sp³-hybridized carbons (Fsp3) is 0.174. The van der Waals surface area contributed by atoms with Gasteiger partial charge < -0.3 is 54.9 Å². The molecule has 1 heterocycles. The number of anilines is 1. The average Bonchev–Trinajstić information content (AvgIpc) is 2.85. The highest BCUT2D eigenvalue weighted by molar-refractivity contribution is 6.32. The SMILES string of the molecule is COC(=O)c1cc(NC(=O)c2c(Oc3ccc(OC(F)(F)F)c(F)c3OC(O)(O)O)cc(Cl)c(C(O)(O)O)c2F)ccn1. The third kappa shape index (κ3) is 8.14. The Balaban J connectivity index is 2.20. The molecule has 0 bridgehead atoms. The van der Waals surface area contributed by atoms with Crippen LogP contribution in [-0.4, -0.2) is 67.1 Å². The molecule has 0 aliphatic heterocycles. The van der Waals surface area contributed by atoms with Crippen LogP contribution in [0.5, 0.6) is 23.0 Å². The molecule has 0 fully saturated rings. The summed E-state index contributed by atoms with van der Waals surface area (Å²) in [6, 6.07) is 3.20. The number of carbonyl (C=O) groups is 2. The number of methoxy groups -OCH3 is 1. The van der Waals surface area contributed by atoms with Crippen molar-refractivity contribution in [3.8, 4) is 23.0 Å². The topological polar surface area (TPSA) is 217 Å². The van der Waals surface area contributed by atoms with Crippen LogP contribution in [0.25, 0.3) is 0 Å². The van der Waals surface area contributed by atoms with Crippen molar-refractivity contribution < 1.29 is 81.1 Å². The first-order valence-electron chi connectivity index (χ1n) is 10.9. The molecule has 0 saturated heterocycles. The van der Waals surface area contributed by atoms with Crippen molar-refractivity contribution in [1.29, 1.82) is 0 Å². The van der Waals surface area contributed by atoms with E-state index in [-0.39, 0.29) is 17.4 Å². The molecule has 0 radical (unpaired) electrons. The Kier molecular flexibility index (Phi) is 9.31. The zero-order valence-corrected chi connectivity index (χ0v) is 21.6. The zero-order chi connectivity index (χ0) is 32.5. The van der Waals surface area contributed by atoms with Gasteiger partial charge in [0, 0.05) is 18.0 Å². The minimum absolute atomic E-state index is 0.250. The van der Waals surface area contributed by atoms with Gasteiger partial charge in [0.25, 0.3) is 5.91 Å². The van der Waals surface area contributed by atoms with Crippen LogP contribution in [0, 0.1) is 11.6 Å². The van der Waals surface area contributed by atoms with Gasteiger partial charge in [0.15, 0.2) is 17.3 Å². The Morgan fingerprint density at radius 3 is 2.09 bits per heavy atom. The van der Waals surface area contributed by atoms with Crippen molar-refractivity contribution >= 4 is 29.2 Å². The zero-order valence-electron chi connectivity index (χ0n) is 20.8. The van der Waals surface area contributed by atoms with Crippen LogP contribution in [0.2, 0.25) is 5.02 Å². The minimum Gasteiger partial charge on any atom is -0.464 e. The number of carbonyl (C=O) groups excluding carboxylic acids is 2. The smallest absolute Gasteiger partial charge is 0.464 e. The highest BCUT2D eigenvalue weighted by atomic mass is 35.5. The number of aromatic nitrogens is 1. The van der Waals surface area contributed by atoms with E-state index in [2.05, 4.69) is 24.5 Å². The van der Waals surface area contributed by atoms with E-state index in [4.69, 9.17) is 31.7 Å². The monoisotopic (exact) mass is 642 g/mol. The highest BCUT2D eigenvalue weighted by Gasteiger charge is 2.38. The van der Waals surface area contributed by atoms with Crippen LogP contribution in [0.4, 0.5) is 27.6 Å². The van der Waals surface area contributed by atoms with Crippen molar-refractivity contribution in [3.63, 3.8) is 0 Å². The first-order valence-corrected chi connectivity index (χ1v) is 11.3. The predicted octanol–water partition coefficient (Wildman–Crippen LogP) is 1.80. The molecular formula is C23H16ClF5N2O12. The summed E-state index contributed by atoms with van der Waals surface area (Å²) in [6.45, 7) is 0. The molecule has 0 unspecified atom stereocenters.